The third-order valence-electron chi connectivity index (χ3n) is 3.27. The molecule has 2 aromatic rings. The lowest BCUT2D eigenvalue weighted by Gasteiger charge is -2.17. The predicted molar refractivity (Wildman–Crippen MR) is 81.8 cm³/mol. The van der Waals surface area contributed by atoms with Gasteiger partial charge in [0.1, 0.15) is 6.54 Å². The van der Waals surface area contributed by atoms with Crippen LogP contribution in [-0.2, 0) is 11.3 Å². The molecule has 0 spiro atoms. The Morgan fingerprint density at radius 2 is 2.24 bits per heavy atom. The Morgan fingerprint density at radius 3 is 2.95 bits per heavy atom. The molecule has 1 amide bonds. The molecular weight excluding hydrogens is 266 g/mol. The number of fused-ring (bicyclic) bond motifs is 1. The van der Waals surface area contributed by atoms with Crippen molar-refractivity contribution in [2.75, 3.05) is 25.5 Å². The molecule has 0 fully saturated rings. The van der Waals surface area contributed by atoms with Crippen molar-refractivity contribution < 1.29 is 4.79 Å². The minimum atomic E-state index is -0.0347. The van der Waals surface area contributed by atoms with E-state index in [2.05, 4.69) is 10.3 Å². The number of likely N-dealkylation sites (N-methyl/N-ethyl adjacent to an activating group) is 1. The number of hydrogen-bond acceptors (Lipinski definition) is 4. The number of aromatic nitrogens is 2. The molecule has 0 bridgehead atoms. The molecule has 110 valence electrons. The number of nitrogens with zero attached hydrogens (tertiary/aromatic N) is 4. The molecule has 1 aromatic carbocycles. The van der Waals surface area contributed by atoms with E-state index in [4.69, 9.17) is 5.26 Å². The van der Waals surface area contributed by atoms with Crippen molar-refractivity contribution in [3.05, 3.63) is 24.3 Å². The molecule has 0 unspecified atom stereocenters. The second-order valence-corrected chi connectivity index (χ2v) is 4.76. The van der Waals surface area contributed by atoms with Gasteiger partial charge < -0.3 is 14.8 Å². The van der Waals surface area contributed by atoms with Crippen LogP contribution < -0.4 is 5.32 Å². The van der Waals surface area contributed by atoms with Gasteiger partial charge in [-0.15, -0.1) is 0 Å². The van der Waals surface area contributed by atoms with E-state index in [1.807, 2.05) is 41.8 Å². The molecule has 1 heterocycles. The average molecular weight is 285 g/mol. The summed E-state index contributed by atoms with van der Waals surface area (Å²) in [6.45, 7) is 3.38. The van der Waals surface area contributed by atoms with Gasteiger partial charge in [0, 0.05) is 20.1 Å². The number of carbonyl (C=O) groups excluding carboxylic acids is 1. The Kier molecular flexibility index (Phi) is 4.77. The third kappa shape index (κ3) is 3.31. The zero-order valence-electron chi connectivity index (χ0n) is 12.3. The topological polar surface area (TPSA) is 74.0 Å². The molecule has 0 aliphatic heterocycles. The summed E-state index contributed by atoms with van der Waals surface area (Å²) in [4.78, 5) is 18.3. The highest BCUT2D eigenvalue weighted by atomic mass is 16.2. The van der Waals surface area contributed by atoms with Gasteiger partial charge in [0.2, 0.25) is 11.9 Å². The molecule has 1 N–H and O–H groups in total. The monoisotopic (exact) mass is 285 g/mol. The number of nitriles is 1. The molecule has 2 rings (SSSR count). The summed E-state index contributed by atoms with van der Waals surface area (Å²) in [5, 5.41) is 11.8. The summed E-state index contributed by atoms with van der Waals surface area (Å²) in [6.07, 6.45) is 0.340. The molecule has 0 radical (unpaired) electrons. The fourth-order valence-electron chi connectivity index (χ4n) is 2.13. The average Bonchev–Trinajstić information content (AvgIpc) is 2.83. The van der Waals surface area contributed by atoms with E-state index < -0.39 is 0 Å². The van der Waals surface area contributed by atoms with Gasteiger partial charge in [-0.25, -0.2) is 4.98 Å². The number of anilines is 1. The highest BCUT2D eigenvalue weighted by Crippen LogP contribution is 2.19. The summed E-state index contributed by atoms with van der Waals surface area (Å²) in [5.74, 6) is 0.660. The number of amides is 1. The highest BCUT2D eigenvalue weighted by molar-refractivity contribution is 5.83. The SMILES string of the molecule is CCNc1nc2ccccc2n1CC(=O)N(C)CCC#N. The van der Waals surface area contributed by atoms with Crippen LogP contribution in [0.5, 0.6) is 0 Å². The molecule has 1 aromatic heterocycles. The molecule has 0 saturated carbocycles. The van der Waals surface area contributed by atoms with Crippen LogP contribution in [0.3, 0.4) is 0 Å². The quantitative estimate of drug-likeness (QED) is 0.879. The minimum Gasteiger partial charge on any atom is -0.356 e. The summed E-state index contributed by atoms with van der Waals surface area (Å²) in [7, 11) is 1.71. The number of nitrogens with one attached hydrogen (secondary N) is 1. The minimum absolute atomic E-state index is 0.0347. The molecule has 6 heteroatoms. The highest BCUT2D eigenvalue weighted by Gasteiger charge is 2.15. The first kappa shape index (κ1) is 14.9. The molecule has 6 nitrogen and oxygen atoms in total. The fraction of sp³-hybridized carbons (Fsp3) is 0.400. The van der Waals surface area contributed by atoms with Crippen molar-refractivity contribution in [2.24, 2.45) is 0 Å². The second kappa shape index (κ2) is 6.75. The maximum absolute atomic E-state index is 12.3. The first-order valence-electron chi connectivity index (χ1n) is 6.97. The Hall–Kier alpha value is -2.55. The maximum atomic E-state index is 12.3. The Balaban J connectivity index is 2.26. The summed E-state index contributed by atoms with van der Waals surface area (Å²) < 4.78 is 1.88. The van der Waals surface area contributed by atoms with Crippen molar-refractivity contribution in [3.8, 4) is 6.07 Å². The number of para-hydroxylation sites is 2. The van der Waals surface area contributed by atoms with Crippen LogP contribution in [0.2, 0.25) is 0 Å². The van der Waals surface area contributed by atoms with Gasteiger partial charge in [-0.1, -0.05) is 12.1 Å². The summed E-state index contributed by atoms with van der Waals surface area (Å²) in [5.41, 5.74) is 1.79. The number of carbonyl (C=O) groups is 1. The normalized spacial score (nSPS) is 10.3. The third-order valence-corrected chi connectivity index (χ3v) is 3.27. The van der Waals surface area contributed by atoms with E-state index in [1.54, 1.807) is 11.9 Å². The van der Waals surface area contributed by atoms with Crippen LogP contribution in [0.4, 0.5) is 5.95 Å². The molecule has 0 aliphatic rings. The van der Waals surface area contributed by atoms with Gasteiger partial charge in [0.25, 0.3) is 0 Å². The fourth-order valence-corrected chi connectivity index (χ4v) is 2.13. The predicted octanol–water partition coefficient (Wildman–Crippen LogP) is 1.84. The van der Waals surface area contributed by atoms with Gasteiger partial charge in [-0.3, -0.25) is 4.79 Å². The number of imidazole rings is 1. The number of hydrogen-bond donors (Lipinski definition) is 1. The van der Waals surface area contributed by atoms with E-state index in [1.165, 1.54) is 0 Å². The first-order chi connectivity index (χ1) is 10.2. The van der Waals surface area contributed by atoms with Crippen LogP contribution in [-0.4, -0.2) is 40.5 Å². The first-order valence-corrected chi connectivity index (χ1v) is 6.97. The van der Waals surface area contributed by atoms with Crippen LogP contribution >= 0.6 is 0 Å². The van der Waals surface area contributed by atoms with Crippen molar-refractivity contribution in [1.82, 2.24) is 14.5 Å². The second-order valence-electron chi connectivity index (χ2n) is 4.76. The summed E-state index contributed by atoms with van der Waals surface area (Å²) >= 11 is 0. The molecular formula is C15H19N5O. The van der Waals surface area contributed by atoms with Crippen LogP contribution in [0.25, 0.3) is 11.0 Å². The lowest BCUT2D eigenvalue weighted by molar-refractivity contribution is -0.130. The largest absolute Gasteiger partial charge is 0.356 e. The van der Waals surface area contributed by atoms with Crippen LogP contribution in [0.15, 0.2) is 24.3 Å². The van der Waals surface area contributed by atoms with Crippen molar-refractivity contribution in [1.29, 1.82) is 5.26 Å². The lowest BCUT2D eigenvalue weighted by atomic mass is 10.3. The van der Waals surface area contributed by atoms with E-state index in [-0.39, 0.29) is 12.5 Å². The number of benzene rings is 1. The zero-order chi connectivity index (χ0) is 15.2. The van der Waals surface area contributed by atoms with E-state index >= 15 is 0 Å². The number of rotatable bonds is 6. The van der Waals surface area contributed by atoms with Crippen molar-refractivity contribution >= 4 is 22.9 Å². The Morgan fingerprint density at radius 1 is 1.48 bits per heavy atom. The van der Waals surface area contributed by atoms with Gasteiger partial charge in [-0.05, 0) is 19.1 Å². The standard InChI is InChI=1S/C15H19N5O/c1-3-17-15-18-12-7-4-5-8-13(12)20(15)11-14(21)19(2)10-6-9-16/h4-5,7-8H,3,6,10-11H2,1-2H3,(H,17,18). The molecule has 0 atom stereocenters. The van der Waals surface area contributed by atoms with Crippen molar-refractivity contribution in [3.63, 3.8) is 0 Å². The Bertz CT molecular complexity index is 670. The van der Waals surface area contributed by atoms with Crippen molar-refractivity contribution in [2.45, 2.75) is 19.9 Å². The molecule has 0 aliphatic carbocycles. The summed E-state index contributed by atoms with van der Waals surface area (Å²) in [6, 6.07) is 9.78. The molecule has 0 saturated heterocycles. The zero-order valence-corrected chi connectivity index (χ0v) is 12.3. The van der Waals surface area contributed by atoms with Gasteiger partial charge in [-0.2, -0.15) is 5.26 Å². The molecule has 21 heavy (non-hydrogen) atoms. The lowest BCUT2D eigenvalue weighted by Crippen LogP contribution is -2.31. The smallest absolute Gasteiger partial charge is 0.242 e. The van der Waals surface area contributed by atoms with E-state index in [9.17, 15) is 4.79 Å². The van der Waals surface area contributed by atoms with Crippen LogP contribution in [0.1, 0.15) is 13.3 Å². The van der Waals surface area contributed by atoms with E-state index in [0.717, 1.165) is 17.6 Å². The van der Waals surface area contributed by atoms with Gasteiger partial charge in [0.05, 0.1) is 23.5 Å². The van der Waals surface area contributed by atoms with E-state index in [0.29, 0.717) is 18.9 Å². The van der Waals surface area contributed by atoms with Crippen LogP contribution in [0, 0.1) is 11.3 Å². The Labute approximate surface area is 124 Å². The maximum Gasteiger partial charge on any atom is 0.242 e. The van der Waals surface area contributed by atoms with Gasteiger partial charge >= 0.3 is 0 Å². The van der Waals surface area contributed by atoms with Gasteiger partial charge in [0.15, 0.2) is 0 Å².